The molecule has 52 valence electrons. The molecule has 0 atom stereocenters. The smallest absolute Gasteiger partial charge is 0.352 e. The molecule has 0 aliphatic carbocycles. The van der Waals surface area contributed by atoms with Crippen molar-refractivity contribution < 1.29 is 9.53 Å². The van der Waals surface area contributed by atoms with Crippen molar-refractivity contribution in [1.29, 1.82) is 5.41 Å². The van der Waals surface area contributed by atoms with Crippen LogP contribution < -0.4 is 0 Å². The number of carbonyl (C=O) groups excluding carboxylic acids is 1. The molecule has 0 rings (SSSR count). The van der Waals surface area contributed by atoms with E-state index in [1.165, 1.54) is 0 Å². The van der Waals surface area contributed by atoms with Crippen molar-refractivity contribution in [2.24, 2.45) is 0 Å². The highest BCUT2D eigenvalue weighted by molar-refractivity contribution is 7.81. The minimum Gasteiger partial charge on any atom is -0.462 e. The van der Waals surface area contributed by atoms with E-state index in [0.29, 0.717) is 6.61 Å². The molecule has 0 bridgehead atoms. The van der Waals surface area contributed by atoms with E-state index in [2.05, 4.69) is 17.4 Å². The number of esters is 1. The molecule has 4 heteroatoms. The molecule has 0 saturated heterocycles. The molecule has 0 aromatic rings. The van der Waals surface area contributed by atoms with Gasteiger partial charge in [-0.1, -0.05) is 0 Å². The topological polar surface area (TPSA) is 50.2 Å². The number of thiol groups is 1. The first kappa shape index (κ1) is 8.49. The van der Waals surface area contributed by atoms with Gasteiger partial charge in [0, 0.05) is 5.75 Å². The van der Waals surface area contributed by atoms with Gasteiger partial charge in [-0.3, -0.25) is 5.41 Å². The summed E-state index contributed by atoms with van der Waals surface area (Å²) in [7, 11) is 0. The van der Waals surface area contributed by atoms with Crippen LogP contribution in [0.1, 0.15) is 6.92 Å². The van der Waals surface area contributed by atoms with Crippen LogP contribution in [0.25, 0.3) is 0 Å². The summed E-state index contributed by atoms with van der Waals surface area (Å²) < 4.78 is 4.48. The maximum atomic E-state index is 10.5. The number of hydrogen-bond acceptors (Lipinski definition) is 4. The molecule has 0 aromatic heterocycles. The molecule has 0 aliphatic heterocycles. The first-order chi connectivity index (χ1) is 4.22. The average molecular weight is 147 g/mol. The second-order valence-electron chi connectivity index (χ2n) is 1.36. The fourth-order valence-corrected chi connectivity index (χ4v) is 0.412. The fourth-order valence-electron chi connectivity index (χ4n) is 0.283. The molecule has 9 heavy (non-hydrogen) atoms. The lowest BCUT2D eigenvalue weighted by Gasteiger charge is -1.98. The van der Waals surface area contributed by atoms with Gasteiger partial charge in [-0.15, -0.1) is 0 Å². The summed E-state index contributed by atoms with van der Waals surface area (Å²) in [4.78, 5) is 10.5. The van der Waals surface area contributed by atoms with Gasteiger partial charge in [0.15, 0.2) is 0 Å². The Morgan fingerprint density at radius 2 is 2.33 bits per heavy atom. The minimum absolute atomic E-state index is 0.0971. The number of ether oxygens (including phenoxy) is 1. The summed E-state index contributed by atoms with van der Waals surface area (Å²) in [5, 5.41) is 6.90. The Balaban J connectivity index is 3.60. The van der Waals surface area contributed by atoms with Crippen LogP contribution in [0, 0.1) is 5.41 Å². The maximum absolute atomic E-state index is 10.5. The van der Waals surface area contributed by atoms with Gasteiger partial charge in [0.1, 0.15) is 5.71 Å². The number of carbonyl (C=O) groups is 1. The summed E-state index contributed by atoms with van der Waals surface area (Å²) in [6, 6.07) is 0. The largest absolute Gasteiger partial charge is 0.462 e. The Hall–Kier alpha value is -0.510. The zero-order valence-corrected chi connectivity index (χ0v) is 6.07. The summed E-state index contributed by atoms with van der Waals surface area (Å²) in [5.41, 5.74) is -0.0971. The van der Waals surface area contributed by atoms with Crippen molar-refractivity contribution in [3.8, 4) is 0 Å². The fraction of sp³-hybridized carbons (Fsp3) is 0.600. The molecule has 0 spiro atoms. The third-order valence-corrected chi connectivity index (χ3v) is 0.996. The Labute approximate surface area is 59.3 Å². The quantitative estimate of drug-likeness (QED) is 0.347. The first-order valence-electron chi connectivity index (χ1n) is 2.57. The molecule has 1 N–H and O–H groups in total. The van der Waals surface area contributed by atoms with Crippen molar-refractivity contribution in [1.82, 2.24) is 0 Å². The van der Waals surface area contributed by atoms with Gasteiger partial charge in [-0.05, 0) is 6.92 Å². The molecular weight excluding hydrogens is 138 g/mol. The molecule has 0 fully saturated rings. The van der Waals surface area contributed by atoms with E-state index in [0.717, 1.165) is 0 Å². The molecule has 0 saturated carbocycles. The molecular formula is C5H9NO2S. The van der Waals surface area contributed by atoms with Crippen molar-refractivity contribution in [3.05, 3.63) is 0 Å². The van der Waals surface area contributed by atoms with Crippen LogP contribution in [-0.2, 0) is 9.53 Å². The zero-order valence-electron chi connectivity index (χ0n) is 5.18. The molecule has 0 radical (unpaired) electrons. The molecule has 3 nitrogen and oxygen atoms in total. The Morgan fingerprint density at radius 3 is 2.67 bits per heavy atom. The Morgan fingerprint density at radius 1 is 1.78 bits per heavy atom. The Bertz CT molecular complexity index is 124. The van der Waals surface area contributed by atoms with Crippen molar-refractivity contribution >= 4 is 24.3 Å². The van der Waals surface area contributed by atoms with Crippen LogP contribution in [0.3, 0.4) is 0 Å². The van der Waals surface area contributed by atoms with E-state index in [1.807, 2.05) is 0 Å². The lowest BCUT2D eigenvalue weighted by molar-refractivity contribution is -0.135. The van der Waals surface area contributed by atoms with E-state index < -0.39 is 5.97 Å². The van der Waals surface area contributed by atoms with Crippen LogP contribution in [0.15, 0.2) is 0 Å². The highest BCUT2D eigenvalue weighted by atomic mass is 32.1. The molecule has 0 aliphatic rings. The van der Waals surface area contributed by atoms with E-state index in [-0.39, 0.29) is 11.5 Å². The van der Waals surface area contributed by atoms with Gasteiger partial charge in [0.25, 0.3) is 0 Å². The second kappa shape index (κ2) is 4.38. The molecule has 0 amide bonds. The lowest BCUT2D eigenvalue weighted by Crippen LogP contribution is -2.17. The van der Waals surface area contributed by atoms with Gasteiger partial charge >= 0.3 is 5.97 Å². The second-order valence-corrected chi connectivity index (χ2v) is 1.67. The van der Waals surface area contributed by atoms with Gasteiger partial charge in [-0.25, -0.2) is 4.79 Å². The monoisotopic (exact) mass is 147 g/mol. The van der Waals surface area contributed by atoms with Crippen molar-refractivity contribution in [2.75, 3.05) is 12.4 Å². The van der Waals surface area contributed by atoms with E-state index >= 15 is 0 Å². The van der Waals surface area contributed by atoms with E-state index in [9.17, 15) is 4.79 Å². The van der Waals surface area contributed by atoms with Crippen LogP contribution in [0.4, 0.5) is 0 Å². The van der Waals surface area contributed by atoms with Gasteiger partial charge in [0.05, 0.1) is 6.61 Å². The molecule has 0 heterocycles. The lowest BCUT2D eigenvalue weighted by atomic mass is 10.4. The summed E-state index contributed by atoms with van der Waals surface area (Å²) in [6.45, 7) is 2.01. The minimum atomic E-state index is -0.576. The zero-order chi connectivity index (χ0) is 7.28. The maximum Gasteiger partial charge on any atom is 0.352 e. The van der Waals surface area contributed by atoms with Gasteiger partial charge in [0.2, 0.25) is 0 Å². The van der Waals surface area contributed by atoms with Crippen LogP contribution in [0.2, 0.25) is 0 Å². The predicted molar refractivity (Wildman–Crippen MR) is 38.2 cm³/mol. The van der Waals surface area contributed by atoms with Crippen LogP contribution in [0.5, 0.6) is 0 Å². The first-order valence-corrected chi connectivity index (χ1v) is 3.21. The van der Waals surface area contributed by atoms with E-state index in [1.54, 1.807) is 6.92 Å². The summed E-state index contributed by atoms with van der Waals surface area (Å²) >= 11 is 3.72. The van der Waals surface area contributed by atoms with Gasteiger partial charge in [-0.2, -0.15) is 12.6 Å². The normalized spacial score (nSPS) is 8.67. The molecule has 0 aromatic carbocycles. The highest BCUT2D eigenvalue weighted by Crippen LogP contribution is 1.83. The van der Waals surface area contributed by atoms with Crippen LogP contribution in [-0.4, -0.2) is 24.0 Å². The standard InChI is InChI=1S/C5H9NO2S/c1-2-8-5(7)4(6)3-9/h6,9H,2-3H2,1H3. The average Bonchev–Trinajstić information content (AvgIpc) is 1.87. The number of nitrogens with one attached hydrogen (secondary N) is 1. The van der Waals surface area contributed by atoms with Crippen molar-refractivity contribution in [2.45, 2.75) is 6.92 Å². The SMILES string of the molecule is CCOC(=O)C(=N)CS. The Kier molecular flexibility index (Phi) is 4.13. The number of rotatable bonds is 3. The summed E-state index contributed by atoms with van der Waals surface area (Å²) in [5.74, 6) is -0.439. The van der Waals surface area contributed by atoms with Gasteiger partial charge < -0.3 is 4.74 Å². The third-order valence-electron chi connectivity index (χ3n) is 0.680. The number of hydrogen-bond donors (Lipinski definition) is 2. The van der Waals surface area contributed by atoms with E-state index in [4.69, 9.17) is 5.41 Å². The third kappa shape index (κ3) is 3.13. The summed E-state index contributed by atoms with van der Waals surface area (Å²) in [6.07, 6.45) is 0. The highest BCUT2D eigenvalue weighted by Gasteiger charge is 2.05. The van der Waals surface area contributed by atoms with Crippen molar-refractivity contribution in [3.63, 3.8) is 0 Å². The molecule has 0 unspecified atom stereocenters. The predicted octanol–water partition coefficient (Wildman–Crippen LogP) is 0.499. The van der Waals surface area contributed by atoms with Crippen LogP contribution >= 0.6 is 12.6 Å².